The number of rotatable bonds is 8. The Morgan fingerprint density at radius 3 is 2.65 bits per heavy atom. The van der Waals surface area contributed by atoms with Crippen molar-refractivity contribution in [3.63, 3.8) is 0 Å². The van der Waals surface area contributed by atoms with Gasteiger partial charge in [0.2, 0.25) is 5.91 Å². The van der Waals surface area contributed by atoms with Crippen LogP contribution in [0.15, 0.2) is 42.5 Å². The topological polar surface area (TPSA) is 75.2 Å². The van der Waals surface area contributed by atoms with Crippen LogP contribution in [0.3, 0.4) is 0 Å². The summed E-state index contributed by atoms with van der Waals surface area (Å²) in [6, 6.07) is 12.7. The molecule has 0 unspecified atom stereocenters. The van der Waals surface area contributed by atoms with Crippen molar-refractivity contribution in [2.24, 2.45) is 0 Å². The second-order valence-corrected chi connectivity index (χ2v) is 8.99. The minimum Gasteiger partial charge on any atom is -0.497 e. The number of ether oxygens (including phenoxy) is 1. The van der Waals surface area contributed by atoms with Crippen LogP contribution in [-0.4, -0.2) is 40.9 Å². The summed E-state index contributed by atoms with van der Waals surface area (Å²) in [5, 5.41) is 9.88. The zero-order chi connectivity index (χ0) is 24.1. The van der Waals surface area contributed by atoms with E-state index in [0.29, 0.717) is 34.6 Å². The van der Waals surface area contributed by atoms with Crippen molar-refractivity contribution >= 4 is 29.5 Å². The molecule has 1 saturated carbocycles. The average molecular weight is 484 g/mol. The predicted molar refractivity (Wildman–Crippen MR) is 134 cm³/mol. The van der Waals surface area contributed by atoms with Gasteiger partial charge >= 0.3 is 0 Å². The molecule has 7 nitrogen and oxygen atoms in total. The van der Waals surface area contributed by atoms with Crippen molar-refractivity contribution in [3.8, 4) is 17.1 Å². The Bertz CT molecular complexity index is 1180. The van der Waals surface area contributed by atoms with E-state index in [4.69, 9.17) is 17.0 Å². The van der Waals surface area contributed by atoms with Gasteiger partial charge in [0.25, 0.3) is 0 Å². The van der Waals surface area contributed by atoms with E-state index in [2.05, 4.69) is 15.5 Å². The number of amides is 1. The fourth-order valence-corrected chi connectivity index (χ4v) is 4.68. The summed E-state index contributed by atoms with van der Waals surface area (Å²) < 4.78 is 22.2. The van der Waals surface area contributed by atoms with Gasteiger partial charge in [-0.15, -0.1) is 0 Å². The molecule has 0 aliphatic heterocycles. The maximum absolute atomic E-state index is 14.8. The Morgan fingerprint density at radius 2 is 1.97 bits per heavy atom. The molecular weight excluding hydrogens is 453 g/mol. The number of nitrogens with zero attached hydrogens (tertiary/aromatic N) is 3. The minimum atomic E-state index is -0.329. The van der Waals surface area contributed by atoms with E-state index in [-0.39, 0.29) is 18.1 Å². The van der Waals surface area contributed by atoms with Crippen LogP contribution in [0.2, 0.25) is 0 Å². The summed E-state index contributed by atoms with van der Waals surface area (Å²) in [6.07, 6.45) is 5.97. The molecule has 1 aromatic heterocycles. The van der Waals surface area contributed by atoms with E-state index >= 15 is 0 Å². The zero-order valence-corrected chi connectivity index (χ0v) is 20.3. The first-order valence-corrected chi connectivity index (χ1v) is 12.0. The second kappa shape index (κ2) is 10.8. The first-order chi connectivity index (χ1) is 16.5. The maximum atomic E-state index is 14.8. The first kappa shape index (κ1) is 23.9. The molecule has 0 spiro atoms. The summed E-state index contributed by atoms with van der Waals surface area (Å²) in [5.74, 6) is 0.829. The third-order valence-corrected chi connectivity index (χ3v) is 6.71. The number of hydrogen-bond donors (Lipinski definition) is 2. The van der Waals surface area contributed by atoms with Gasteiger partial charge in [-0.1, -0.05) is 19.3 Å². The number of H-pyrrole nitrogens is 1. The number of nitrogens with one attached hydrogen (secondary N) is 2. The van der Waals surface area contributed by atoms with Crippen molar-refractivity contribution in [3.05, 3.63) is 53.1 Å². The number of aromatic nitrogens is 3. The van der Waals surface area contributed by atoms with Crippen molar-refractivity contribution < 1.29 is 13.9 Å². The molecule has 180 valence electrons. The first-order valence-electron chi connectivity index (χ1n) is 11.6. The van der Waals surface area contributed by atoms with Crippen LogP contribution in [0.5, 0.6) is 5.75 Å². The molecule has 3 aromatic rings. The lowest BCUT2D eigenvalue weighted by Gasteiger charge is -2.33. The van der Waals surface area contributed by atoms with E-state index in [9.17, 15) is 9.18 Å². The third kappa shape index (κ3) is 5.47. The van der Waals surface area contributed by atoms with Crippen LogP contribution in [0.1, 0.15) is 38.5 Å². The number of halogens is 1. The molecule has 1 fully saturated rings. The molecule has 9 heteroatoms. The summed E-state index contributed by atoms with van der Waals surface area (Å²) >= 11 is 5.35. The van der Waals surface area contributed by atoms with E-state index in [1.54, 1.807) is 23.8 Å². The van der Waals surface area contributed by atoms with Crippen molar-refractivity contribution in [2.45, 2.75) is 51.1 Å². The van der Waals surface area contributed by atoms with Crippen LogP contribution < -0.4 is 15.0 Å². The van der Waals surface area contributed by atoms with Gasteiger partial charge in [-0.05, 0) is 67.5 Å². The molecular formula is C25H30FN5O2S. The average Bonchev–Trinajstić information content (AvgIpc) is 3.23. The Morgan fingerprint density at radius 1 is 1.24 bits per heavy atom. The Balaban J connectivity index is 1.38. The molecule has 1 aliphatic carbocycles. The van der Waals surface area contributed by atoms with Crippen LogP contribution in [0, 0.1) is 10.6 Å². The van der Waals surface area contributed by atoms with Gasteiger partial charge in [-0.25, -0.2) is 4.39 Å². The van der Waals surface area contributed by atoms with E-state index in [1.807, 2.05) is 36.2 Å². The Kier molecular flexibility index (Phi) is 7.62. The maximum Gasteiger partial charge on any atom is 0.226 e. The van der Waals surface area contributed by atoms with E-state index < -0.39 is 0 Å². The number of hydrogen-bond acceptors (Lipinski definition) is 5. The largest absolute Gasteiger partial charge is 0.497 e. The third-order valence-electron chi connectivity index (χ3n) is 6.40. The molecule has 1 aliphatic rings. The number of aromatic amines is 1. The minimum absolute atomic E-state index is 0.169. The fraction of sp³-hybridized carbons (Fsp3) is 0.400. The summed E-state index contributed by atoms with van der Waals surface area (Å²) in [5.41, 5.74) is 1.86. The van der Waals surface area contributed by atoms with Gasteiger partial charge < -0.3 is 15.0 Å². The summed E-state index contributed by atoms with van der Waals surface area (Å²) in [7, 11) is 3.56. The van der Waals surface area contributed by atoms with E-state index in [1.165, 1.54) is 25.3 Å². The molecule has 34 heavy (non-hydrogen) atoms. The van der Waals surface area contributed by atoms with Crippen molar-refractivity contribution in [2.75, 3.05) is 24.4 Å². The lowest BCUT2D eigenvalue weighted by atomic mass is 9.94. The van der Waals surface area contributed by atoms with Gasteiger partial charge in [-0.3, -0.25) is 14.5 Å². The number of benzene rings is 2. The molecule has 0 saturated heterocycles. The number of methoxy groups -OCH3 is 1. The van der Waals surface area contributed by atoms with E-state index in [0.717, 1.165) is 24.2 Å². The van der Waals surface area contributed by atoms with Gasteiger partial charge in [0.05, 0.1) is 12.8 Å². The molecule has 1 amide bonds. The molecule has 0 atom stereocenters. The number of anilines is 2. The van der Waals surface area contributed by atoms with Crippen molar-refractivity contribution in [1.82, 2.24) is 14.8 Å². The molecule has 0 bridgehead atoms. The molecule has 0 radical (unpaired) electrons. The van der Waals surface area contributed by atoms with Crippen LogP contribution >= 0.6 is 12.2 Å². The quantitative estimate of drug-likeness (QED) is 0.411. The van der Waals surface area contributed by atoms with Gasteiger partial charge in [0, 0.05) is 37.3 Å². The van der Waals surface area contributed by atoms with Gasteiger partial charge in [0.15, 0.2) is 10.6 Å². The van der Waals surface area contributed by atoms with Crippen LogP contribution in [0.4, 0.5) is 15.8 Å². The Hall–Kier alpha value is -3.20. The van der Waals surface area contributed by atoms with Crippen LogP contribution in [0.25, 0.3) is 11.4 Å². The van der Waals surface area contributed by atoms with Crippen LogP contribution in [-0.2, 0) is 11.3 Å². The molecule has 4 rings (SSSR count). The summed E-state index contributed by atoms with van der Waals surface area (Å²) in [6.45, 7) is 0.341. The highest BCUT2D eigenvalue weighted by Gasteiger charge is 2.21. The lowest BCUT2D eigenvalue weighted by Crippen LogP contribution is -2.33. The number of carbonyl (C=O) groups excluding carboxylic acids is 1. The highest BCUT2D eigenvalue weighted by molar-refractivity contribution is 7.71. The van der Waals surface area contributed by atoms with Gasteiger partial charge in [-0.2, -0.15) is 5.10 Å². The Labute approximate surface area is 203 Å². The monoisotopic (exact) mass is 483 g/mol. The second-order valence-electron chi connectivity index (χ2n) is 8.60. The smallest absolute Gasteiger partial charge is 0.226 e. The fourth-order valence-electron chi connectivity index (χ4n) is 4.46. The zero-order valence-electron chi connectivity index (χ0n) is 19.5. The molecule has 2 aromatic carbocycles. The number of carbonyl (C=O) groups is 1. The van der Waals surface area contributed by atoms with Crippen molar-refractivity contribution in [1.29, 1.82) is 0 Å². The predicted octanol–water partition coefficient (Wildman–Crippen LogP) is 5.55. The highest BCUT2D eigenvalue weighted by atomic mass is 32.1. The summed E-state index contributed by atoms with van der Waals surface area (Å²) in [4.78, 5) is 14.6. The normalized spacial score (nSPS) is 14.1. The molecule has 2 N–H and O–H groups in total. The molecule has 1 heterocycles. The SMILES string of the molecule is COc1ccc(-c2n[nH]c(=S)n2CCC(=O)Nc2ccc(N(C)C3CCCCC3)c(F)c2)cc1. The highest BCUT2D eigenvalue weighted by Crippen LogP contribution is 2.29. The van der Waals surface area contributed by atoms with Gasteiger partial charge in [0.1, 0.15) is 11.6 Å². The standard InChI is InChI=1S/C25H30FN5O2S/c1-30(19-6-4-3-5-7-19)22-13-10-18(16-21(22)26)27-23(32)14-15-31-24(28-29-25(31)34)17-8-11-20(33-2)12-9-17/h8-13,16,19H,3-7,14-15H2,1-2H3,(H,27,32)(H,29,34). The lowest BCUT2D eigenvalue weighted by molar-refractivity contribution is -0.116.